The Morgan fingerprint density at radius 2 is 1.27 bits per heavy atom. The highest BCUT2D eigenvalue weighted by Crippen LogP contribution is 2.38. The maximum atomic E-state index is 13.8. The third kappa shape index (κ3) is 5.79. The van der Waals surface area contributed by atoms with E-state index >= 15 is 0 Å². The van der Waals surface area contributed by atoms with Crippen LogP contribution in [0.15, 0.2) is 121 Å². The van der Waals surface area contributed by atoms with Gasteiger partial charge in [0, 0.05) is 10.9 Å². The number of hydrogen-bond donors (Lipinski definition) is 1. The van der Waals surface area contributed by atoms with Gasteiger partial charge >= 0.3 is 6.18 Å². The van der Waals surface area contributed by atoms with Gasteiger partial charge in [-0.3, -0.25) is 4.68 Å². The molecule has 0 aliphatic heterocycles. The fourth-order valence-electron chi connectivity index (χ4n) is 4.90. The van der Waals surface area contributed by atoms with Crippen molar-refractivity contribution in [2.45, 2.75) is 19.1 Å². The van der Waals surface area contributed by atoms with Crippen LogP contribution in [0.5, 0.6) is 17.2 Å². The van der Waals surface area contributed by atoms with Crippen LogP contribution in [0.4, 0.5) is 13.2 Å². The minimum absolute atomic E-state index is 0.0707. The minimum Gasteiger partial charge on any atom is -0.508 e. The number of benzene rings is 5. The number of phenolic OH excluding ortho intramolecular Hbond substituents is 1. The summed E-state index contributed by atoms with van der Waals surface area (Å²) in [5.74, 6) is 1.51. The smallest absolute Gasteiger partial charge is 0.418 e. The molecule has 5 aromatic carbocycles. The number of ether oxygens (including phenoxy) is 1. The van der Waals surface area contributed by atoms with Crippen LogP contribution in [-0.2, 0) is 19.1 Å². The van der Waals surface area contributed by atoms with Gasteiger partial charge in [0.25, 0.3) is 0 Å². The van der Waals surface area contributed by atoms with E-state index in [1.807, 2.05) is 78.9 Å². The zero-order valence-corrected chi connectivity index (χ0v) is 21.8. The summed E-state index contributed by atoms with van der Waals surface area (Å²) < 4.78 is 49.1. The number of aromatic hydroxyl groups is 1. The summed E-state index contributed by atoms with van der Waals surface area (Å²) in [7, 11) is 0. The predicted octanol–water partition coefficient (Wildman–Crippen LogP) is 8.86. The van der Waals surface area contributed by atoms with Gasteiger partial charge in [0.05, 0.1) is 17.8 Å². The third-order valence-electron chi connectivity index (χ3n) is 6.88. The Hall–Kier alpha value is -5.04. The zero-order chi connectivity index (χ0) is 28.4. The standard InChI is InChI=1S/C34H25F3N2O2/c35-34(36,37)31-8-4-7-30-32(31)38-39(22-25-5-2-1-3-6-25)33(30)26-13-19-29(20-14-26)41-28-17-11-24(12-18-28)21-23-9-15-27(40)16-10-23/h1-20,40H,21-22H2. The summed E-state index contributed by atoms with van der Waals surface area (Å²) in [5.41, 5.74) is 3.66. The number of hydrogen-bond acceptors (Lipinski definition) is 3. The molecule has 0 saturated carbocycles. The van der Waals surface area contributed by atoms with Crippen molar-refractivity contribution in [1.29, 1.82) is 0 Å². The molecule has 0 unspecified atom stereocenters. The second-order valence-electron chi connectivity index (χ2n) is 9.80. The summed E-state index contributed by atoms with van der Waals surface area (Å²) in [5, 5.41) is 14.3. The van der Waals surface area contributed by atoms with Crippen LogP contribution in [0.2, 0.25) is 0 Å². The Morgan fingerprint density at radius 3 is 1.90 bits per heavy atom. The molecule has 6 aromatic rings. The fraction of sp³-hybridized carbons (Fsp3) is 0.0882. The molecular formula is C34H25F3N2O2. The van der Waals surface area contributed by atoms with Crippen molar-refractivity contribution in [3.8, 4) is 28.5 Å². The van der Waals surface area contributed by atoms with Gasteiger partial charge in [-0.25, -0.2) is 0 Å². The van der Waals surface area contributed by atoms with Gasteiger partial charge in [0.15, 0.2) is 0 Å². The van der Waals surface area contributed by atoms with Crippen molar-refractivity contribution < 1.29 is 23.0 Å². The summed E-state index contributed by atoms with van der Waals surface area (Å²) in [6.07, 6.45) is -3.78. The SMILES string of the molecule is Oc1ccc(Cc2ccc(Oc3ccc(-c4c5cccc(C(F)(F)F)c5nn4Cc4ccccc4)cc3)cc2)cc1. The maximum Gasteiger partial charge on any atom is 0.418 e. The number of alkyl halides is 3. The highest BCUT2D eigenvalue weighted by molar-refractivity contribution is 5.95. The normalized spacial score (nSPS) is 11.6. The third-order valence-corrected chi connectivity index (χ3v) is 6.88. The Balaban J connectivity index is 1.27. The van der Waals surface area contributed by atoms with Crippen molar-refractivity contribution in [3.63, 3.8) is 0 Å². The second-order valence-corrected chi connectivity index (χ2v) is 9.80. The largest absolute Gasteiger partial charge is 0.508 e. The molecule has 0 spiro atoms. The molecule has 7 heteroatoms. The molecule has 1 aromatic heterocycles. The molecule has 41 heavy (non-hydrogen) atoms. The zero-order valence-electron chi connectivity index (χ0n) is 21.8. The average molecular weight is 551 g/mol. The molecule has 6 rings (SSSR count). The second kappa shape index (κ2) is 10.8. The minimum atomic E-state index is -4.51. The molecule has 1 N–H and O–H groups in total. The van der Waals surface area contributed by atoms with E-state index in [-0.39, 0.29) is 11.3 Å². The first-order chi connectivity index (χ1) is 19.8. The first-order valence-corrected chi connectivity index (χ1v) is 13.1. The predicted molar refractivity (Wildman–Crippen MR) is 153 cm³/mol. The Morgan fingerprint density at radius 1 is 0.659 bits per heavy atom. The van der Waals surface area contributed by atoms with E-state index in [0.717, 1.165) is 34.7 Å². The topological polar surface area (TPSA) is 47.3 Å². The number of rotatable bonds is 7. The van der Waals surface area contributed by atoms with E-state index in [4.69, 9.17) is 4.74 Å². The summed E-state index contributed by atoms with van der Waals surface area (Å²) >= 11 is 0. The van der Waals surface area contributed by atoms with Crippen molar-refractivity contribution in [2.75, 3.05) is 0 Å². The van der Waals surface area contributed by atoms with Crippen molar-refractivity contribution in [2.24, 2.45) is 0 Å². The van der Waals surface area contributed by atoms with Gasteiger partial charge in [-0.05, 0) is 77.7 Å². The highest BCUT2D eigenvalue weighted by Gasteiger charge is 2.34. The van der Waals surface area contributed by atoms with Gasteiger partial charge in [-0.15, -0.1) is 0 Å². The van der Waals surface area contributed by atoms with Crippen LogP contribution in [-0.4, -0.2) is 14.9 Å². The molecule has 0 amide bonds. The molecule has 0 aliphatic rings. The van der Waals surface area contributed by atoms with Crippen LogP contribution in [0.1, 0.15) is 22.3 Å². The van der Waals surface area contributed by atoms with E-state index in [0.29, 0.717) is 29.1 Å². The molecule has 0 atom stereocenters. The molecule has 1 heterocycles. The van der Waals surface area contributed by atoms with E-state index in [9.17, 15) is 18.3 Å². The van der Waals surface area contributed by atoms with Crippen molar-refractivity contribution >= 4 is 10.9 Å². The number of aromatic nitrogens is 2. The summed E-state index contributed by atoms with van der Waals surface area (Å²) in [6.45, 7) is 0.330. The fourth-order valence-corrected chi connectivity index (χ4v) is 4.90. The molecule has 0 radical (unpaired) electrons. The van der Waals surface area contributed by atoms with Gasteiger partial charge in [-0.2, -0.15) is 18.3 Å². The first kappa shape index (κ1) is 26.2. The molecular weight excluding hydrogens is 525 g/mol. The van der Waals surface area contributed by atoms with Gasteiger partial charge in [0.2, 0.25) is 0 Å². The van der Waals surface area contributed by atoms with Crippen LogP contribution >= 0.6 is 0 Å². The van der Waals surface area contributed by atoms with Crippen LogP contribution < -0.4 is 4.74 Å². The van der Waals surface area contributed by atoms with Crippen LogP contribution in [0.25, 0.3) is 22.2 Å². The number of halogens is 3. The monoisotopic (exact) mass is 550 g/mol. The number of nitrogens with zero attached hydrogens (tertiary/aromatic N) is 2. The summed E-state index contributed by atoms with van der Waals surface area (Å²) in [4.78, 5) is 0. The number of fused-ring (bicyclic) bond motifs is 1. The lowest BCUT2D eigenvalue weighted by Crippen LogP contribution is -2.06. The van der Waals surface area contributed by atoms with Gasteiger partial charge < -0.3 is 9.84 Å². The van der Waals surface area contributed by atoms with Crippen LogP contribution in [0.3, 0.4) is 0 Å². The van der Waals surface area contributed by atoms with E-state index in [1.165, 1.54) is 6.07 Å². The Labute approximate surface area is 234 Å². The molecule has 4 nitrogen and oxygen atoms in total. The highest BCUT2D eigenvalue weighted by atomic mass is 19.4. The van der Waals surface area contributed by atoms with Crippen molar-refractivity contribution in [1.82, 2.24) is 9.78 Å². The quantitative estimate of drug-likeness (QED) is 0.216. The van der Waals surface area contributed by atoms with Crippen molar-refractivity contribution in [3.05, 3.63) is 144 Å². The van der Waals surface area contributed by atoms with Gasteiger partial charge in [0.1, 0.15) is 22.8 Å². The average Bonchev–Trinajstić information content (AvgIpc) is 3.33. The lowest BCUT2D eigenvalue weighted by Gasteiger charge is -2.11. The molecule has 204 valence electrons. The molecule has 0 bridgehead atoms. The number of phenols is 1. The van der Waals surface area contributed by atoms with E-state index in [2.05, 4.69) is 5.10 Å². The molecule has 0 saturated heterocycles. The lowest BCUT2D eigenvalue weighted by atomic mass is 10.0. The maximum absolute atomic E-state index is 13.8. The van der Waals surface area contributed by atoms with E-state index < -0.39 is 11.7 Å². The van der Waals surface area contributed by atoms with E-state index in [1.54, 1.807) is 35.0 Å². The summed E-state index contributed by atoms with van der Waals surface area (Å²) in [6, 6.07) is 35.9. The Kier molecular flexibility index (Phi) is 6.93. The molecule has 0 aliphatic carbocycles. The Bertz CT molecular complexity index is 1780. The lowest BCUT2D eigenvalue weighted by molar-refractivity contribution is -0.136. The van der Waals surface area contributed by atoms with Gasteiger partial charge in [-0.1, -0.05) is 66.7 Å². The van der Waals surface area contributed by atoms with Crippen LogP contribution in [0, 0.1) is 0 Å². The molecule has 0 fully saturated rings. The first-order valence-electron chi connectivity index (χ1n) is 13.1.